The summed E-state index contributed by atoms with van der Waals surface area (Å²) in [6.45, 7) is 1.84. The van der Waals surface area contributed by atoms with Crippen molar-refractivity contribution in [2.24, 2.45) is 0 Å². The van der Waals surface area contributed by atoms with E-state index in [-0.39, 0.29) is 17.8 Å². The Hall–Kier alpha value is -2.67. The van der Waals surface area contributed by atoms with E-state index in [1.165, 1.54) is 17.8 Å². The van der Waals surface area contributed by atoms with Crippen molar-refractivity contribution in [2.45, 2.75) is 36.6 Å². The van der Waals surface area contributed by atoms with Crippen molar-refractivity contribution in [3.8, 4) is 0 Å². The minimum Gasteiger partial charge on any atom is -0.361 e. The molecule has 0 aliphatic heterocycles. The molecule has 1 unspecified atom stereocenters. The molecule has 1 atom stereocenters. The number of carbonyl (C=O) groups is 1. The summed E-state index contributed by atoms with van der Waals surface area (Å²) in [6, 6.07) is 10.2. The van der Waals surface area contributed by atoms with Crippen LogP contribution in [-0.4, -0.2) is 16.0 Å². The summed E-state index contributed by atoms with van der Waals surface area (Å²) in [5.41, 5.74) is 2.87. The van der Waals surface area contributed by atoms with Gasteiger partial charge in [-0.1, -0.05) is 29.1 Å². The van der Waals surface area contributed by atoms with E-state index in [9.17, 15) is 9.18 Å². The van der Waals surface area contributed by atoms with Gasteiger partial charge in [0.15, 0.2) is 0 Å². The molecule has 3 aromatic rings. The number of pyridine rings is 1. The van der Waals surface area contributed by atoms with Gasteiger partial charge in [-0.25, -0.2) is 9.37 Å². The molecule has 0 bridgehead atoms. The second kappa shape index (κ2) is 7.52. The first-order valence-corrected chi connectivity index (χ1v) is 9.68. The number of aromatic nitrogens is 2. The molecule has 4 rings (SSSR count). The average Bonchev–Trinajstić information content (AvgIpc) is 3.27. The zero-order valence-corrected chi connectivity index (χ0v) is 15.6. The molecular weight excluding hydrogens is 365 g/mol. The van der Waals surface area contributed by atoms with Crippen LogP contribution in [0.15, 0.2) is 52.1 Å². The lowest BCUT2D eigenvalue weighted by atomic mass is 10.1. The quantitative estimate of drug-likeness (QED) is 0.668. The fourth-order valence-electron chi connectivity index (χ4n) is 3.30. The van der Waals surface area contributed by atoms with Gasteiger partial charge in [0.05, 0.1) is 17.3 Å². The van der Waals surface area contributed by atoms with Crippen LogP contribution in [0.1, 0.15) is 45.4 Å². The van der Waals surface area contributed by atoms with E-state index in [4.69, 9.17) is 4.52 Å². The molecule has 0 fully saturated rings. The molecular formula is C20H18FN3O2S. The number of rotatable bonds is 5. The molecule has 1 N–H and O–H groups in total. The molecule has 1 aromatic carbocycles. The van der Waals surface area contributed by atoms with Crippen molar-refractivity contribution in [2.75, 3.05) is 0 Å². The zero-order valence-electron chi connectivity index (χ0n) is 14.7. The number of amides is 1. The van der Waals surface area contributed by atoms with Gasteiger partial charge in [0, 0.05) is 18.0 Å². The molecule has 138 valence electrons. The first-order chi connectivity index (χ1) is 13.1. The minimum atomic E-state index is -0.205. The summed E-state index contributed by atoms with van der Waals surface area (Å²) >= 11 is 1.43. The summed E-state index contributed by atoms with van der Waals surface area (Å²) in [6.07, 6.45) is 2.99. The number of nitrogens with zero attached hydrogens (tertiary/aromatic N) is 2. The van der Waals surface area contributed by atoms with Gasteiger partial charge in [0.2, 0.25) is 0 Å². The molecule has 1 aliphatic carbocycles. The van der Waals surface area contributed by atoms with E-state index in [1.807, 2.05) is 19.1 Å². The lowest BCUT2D eigenvalue weighted by Crippen LogP contribution is -2.27. The predicted octanol–water partition coefficient (Wildman–Crippen LogP) is 4.23. The Labute approximate surface area is 160 Å². The predicted molar refractivity (Wildman–Crippen MR) is 100.0 cm³/mol. The van der Waals surface area contributed by atoms with E-state index in [0.717, 1.165) is 17.0 Å². The highest BCUT2D eigenvalue weighted by Gasteiger charge is 2.27. The van der Waals surface area contributed by atoms with Gasteiger partial charge in [-0.05, 0) is 49.1 Å². The Morgan fingerprint density at radius 2 is 2.26 bits per heavy atom. The summed E-state index contributed by atoms with van der Waals surface area (Å²) in [5.74, 6) is 0.900. The normalized spacial score (nSPS) is 15.6. The first kappa shape index (κ1) is 17.7. The second-order valence-corrected chi connectivity index (χ2v) is 7.41. The molecule has 1 aliphatic rings. The molecule has 2 aromatic heterocycles. The van der Waals surface area contributed by atoms with Gasteiger partial charge < -0.3 is 9.84 Å². The van der Waals surface area contributed by atoms with Crippen LogP contribution >= 0.6 is 11.8 Å². The van der Waals surface area contributed by atoms with Crippen LogP contribution in [0.4, 0.5) is 4.39 Å². The number of nitrogens with one attached hydrogen (secondary N) is 1. The van der Waals surface area contributed by atoms with Crippen molar-refractivity contribution in [1.29, 1.82) is 0 Å². The third kappa shape index (κ3) is 3.73. The fourth-order valence-corrected chi connectivity index (χ4v) is 4.17. The summed E-state index contributed by atoms with van der Waals surface area (Å²) in [7, 11) is 0. The average molecular weight is 383 g/mol. The van der Waals surface area contributed by atoms with E-state index in [2.05, 4.69) is 15.5 Å². The Bertz CT molecular complexity index is 989. The summed E-state index contributed by atoms with van der Waals surface area (Å²) in [4.78, 5) is 17.2. The van der Waals surface area contributed by atoms with E-state index < -0.39 is 0 Å². The van der Waals surface area contributed by atoms with Gasteiger partial charge in [-0.2, -0.15) is 0 Å². The molecule has 27 heavy (non-hydrogen) atoms. The highest BCUT2D eigenvalue weighted by molar-refractivity contribution is 7.98. The van der Waals surface area contributed by atoms with Crippen LogP contribution in [0.3, 0.4) is 0 Å². The molecule has 1 amide bonds. The SMILES string of the molecule is Cc1cc(CSc2ncccc2C(=O)NC2CCc3c(F)cccc32)no1. The maximum absolute atomic E-state index is 13.9. The van der Waals surface area contributed by atoms with Crippen molar-refractivity contribution < 1.29 is 13.7 Å². The second-order valence-electron chi connectivity index (χ2n) is 6.45. The first-order valence-electron chi connectivity index (χ1n) is 8.70. The van der Waals surface area contributed by atoms with Crippen LogP contribution in [-0.2, 0) is 12.2 Å². The number of aryl methyl sites for hydroxylation is 1. The van der Waals surface area contributed by atoms with Crippen LogP contribution in [0.2, 0.25) is 0 Å². The maximum Gasteiger partial charge on any atom is 0.254 e. The van der Waals surface area contributed by atoms with Gasteiger partial charge in [-0.15, -0.1) is 0 Å². The minimum absolute atomic E-state index is 0.181. The third-order valence-electron chi connectivity index (χ3n) is 4.57. The standard InChI is InChI=1S/C20H18FN3O2S/c1-12-10-13(24-26-12)11-27-20-16(5-3-9-22-20)19(25)23-18-8-7-14-15(18)4-2-6-17(14)21/h2-6,9-10,18H,7-8,11H2,1H3,(H,23,25). The lowest BCUT2D eigenvalue weighted by Gasteiger charge is -2.15. The van der Waals surface area contributed by atoms with E-state index in [0.29, 0.717) is 34.7 Å². The molecule has 5 nitrogen and oxygen atoms in total. The van der Waals surface area contributed by atoms with Gasteiger partial charge in [0.1, 0.15) is 16.6 Å². The molecule has 0 radical (unpaired) electrons. The van der Waals surface area contributed by atoms with Crippen LogP contribution in [0.25, 0.3) is 0 Å². The molecule has 0 saturated heterocycles. The number of hydrogen-bond acceptors (Lipinski definition) is 5. The largest absolute Gasteiger partial charge is 0.361 e. The van der Waals surface area contributed by atoms with Gasteiger partial charge >= 0.3 is 0 Å². The van der Waals surface area contributed by atoms with E-state index >= 15 is 0 Å². The Morgan fingerprint density at radius 3 is 3.07 bits per heavy atom. The van der Waals surface area contributed by atoms with Crippen molar-refractivity contribution in [3.05, 3.63) is 76.6 Å². The smallest absolute Gasteiger partial charge is 0.254 e. The molecule has 7 heteroatoms. The Balaban J connectivity index is 1.49. The van der Waals surface area contributed by atoms with Gasteiger partial charge in [0.25, 0.3) is 5.91 Å². The number of carbonyl (C=O) groups excluding carboxylic acids is 1. The summed E-state index contributed by atoms with van der Waals surface area (Å²) in [5, 5.41) is 7.62. The number of halogens is 1. The highest BCUT2D eigenvalue weighted by atomic mass is 32.2. The van der Waals surface area contributed by atoms with Crippen molar-refractivity contribution >= 4 is 17.7 Å². The Kier molecular flexibility index (Phi) is 4.94. The molecule has 2 heterocycles. The highest BCUT2D eigenvalue weighted by Crippen LogP contribution is 2.33. The van der Waals surface area contributed by atoms with Crippen molar-refractivity contribution in [1.82, 2.24) is 15.5 Å². The number of benzene rings is 1. The lowest BCUT2D eigenvalue weighted by molar-refractivity contribution is 0.0933. The number of thioether (sulfide) groups is 1. The van der Waals surface area contributed by atoms with Gasteiger partial charge in [-0.3, -0.25) is 4.79 Å². The number of hydrogen-bond donors (Lipinski definition) is 1. The Morgan fingerprint density at radius 1 is 1.37 bits per heavy atom. The topological polar surface area (TPSA) is 68.0 Å². The fraction of sp³-hybridized carbons (Fsp3) is 0.250. The molecule has 0 saturated carbocycles. The monoisotopic (exact) mass is 383 g/mol. The van der Waals surface area contributed by atoms with Crippen LogP contribution < -0.4 is 5.32 Å². The van der Waals surface area contributed by atoms with Crippen molar-refractivity contribution in [3.63, 3.8) is 0 Å². The number of fused-ring (bicyclic) bond motifs is 1. The maximum atomic E-state index is 13.9. The third-order valence-corrected chi connectivity index (χ3v) is 5.61. The van der Waals surface area contributed by atoms with E-state index in [1.54, 1.807) is 24.4 Å². The summed E-state index contributed by atoms with van der Waals surface area (Å²) < 4.78 is 19.0. The molecule has 0 spiro atoms. The van der Waals surface area contributed by atoms with Crippen LogP contribution in [0.5, 0.6) is 0 Å². The zero-order chi connectivity index (χ0) is 18.8. The van der Waals surface area contributed by atoms with Crippen LogP contribution in [0, 0.1) is 12.7 Å².